The molecule has 0 bridgehead atoms. The first-order chi connectivity index (χ1) is 6.56. The van der Waals surface area contributed by atoms with Crippen molar-refractivity contribution in [3.05, 3.63) is 23.3 Å². The predicted molar refractivity (Wildman–Crippen MR) is 57.3 cm³/mol. The van der Waals surface area contributed by atoms with E-state index in [-0.39, 0.29) is 0 Å². The Hall–Kier alpha value is -0.770. The first kappa shape index (κ1) is 11.3. The number of alkyl halides is 2. The molecule has 0 radical (unpaired) electrons. The maximum atomic E-state index is 12.2. The molecule has 78 valence electrons. The summed E-state index contributed by atoms with van der Waals surface area (Å²) in [7, 11) is 1.82. The van der Waals surface area contributed by atoms with Crippen molar-refractivity contribution in [3.63, 3.8) is 0 Å². The lowest BCUT2D eigenvalue weighted by Gasteiger charge is -2.12. The van der Waals surface area contributed by atoms with Gasteiger partial charge < -0.3 is 5.32 Å². The van der Waals surface area contributed by atoms with Gasteiger partial charge in [0.25, 0.3) is 5.76 Å². The molecule has 0 aliphatic carbocycles. The van der Waals surface area contributed by atoms with Gasteiger partial charge >= 0.3 is 0 Å². The molecule has 0 saturated carbocycles. The van der Waals surface area contributed by atoms with Crippen molar-refractivity contribution in [2.75, 3.05) is 12.4 Å². The highest BCUT2D eigenvalue weighted by Gasteiger charge is 2.10. The van der Waals surface area contributed by atoms with Gasteiger partial charge in [-0.1, -0.05) is 11.8 Å². The largest absolute Gasteiger partial charge is 0.388 e. The molecule has 1 aromatic carbocycles. The molecular formula is C10H13F2NS. The third kappa shape index (κ3) is 2.38. The molecule has 0 fully saturated rings. The van der Waals surface area contributed by atoms with Gasteiger partial charge in [-0.05, 0) is 37.1 Å². The normalized spacial score (nSPS) is 10.7. The van der Waals surface area contributed by atoms with Gasteiger partial charge in [0.05, 0.1) is 0 Å². The molecule has 0 unspecified atom stereocenters. The molecule has 0 aliphatic rings. The Morgan fingerprint density at radius 3 is 2.36 bits per heavy atom. The average Bonchev–Trinajstić information content (AvgIpc) is 2.13. The molecule has 1 nitrogen and oxygen atoms in total. The molecule has 1 N–H and O–H groups in total. The average molecular weight is 217 g/mol. The quantitative estimate of drug-likeness (QED) is 0.775. The van der Waals surface area contributed by atoms with Crippen LogP contribution < -0.4 is 5.32 Å². The van der Waals surface area contributed by atoms with Crippen molar-refractivity contribution in [1.82, 2.24) is 0 Å². The van der Waals surface area contributed by atoms with Crippen LogP contribution in [-0.4, -0.2) is 12.8 Å². The van der Waals surface area contributed by atoms with Crippen LogP contribution in [0.5, 0.6) is 0 Å². The maximum absolute atomic E-state index is 12.2. The number of thioether (sulfide) groups is 1. The maximum Gasteiger partial charge on any atom is 0.288 e. The van der Waals surface area contributed by atoms with Crippen LogP contribution in [0.25, 0.3) is 0 Å². The van der Waals surface area contributed by atoms with Gasteiger partial charge in [-0.2, -0.15) is 8.78 Å². The zero-order valence-electron chi connectivity index (χ0n) is 8.40. The minimum atomic E-state index is -2.35. The number of rotatable bonds is 3. The van der Waals surface area contributed by atoms with Crippen LogP contribution in [0.2, 0.25) is 0 Å². The van der Waals surface area contributed by atoms with E-state index in [0.29, 0.717) is 16.7 Å². The van der Waals surface area contributed by atoms with Crippen LogP contribution in [0.3, 0.4) is 0 Å². The molecule has 0 amide bonds. The number of halogens is 2. The Bertz CT molecular complexity index is 326. The van der Waals surface area contributed by atoms with Gasteiger partial charge in [0.2, 0.25) is 0 Å². The number of hydrogen-bond donors (Lipinski definition) is 1. The van der Waals surface area contributed by atoms with E-state index in [2.05, 4.69) is 5.32 Å². The van der Waals surface area contributed by atoms with Crippen molar-refractivity contribution >= 4 is 17.4 Å². The lowest BCUT2D eigenvalue weighted by Crippen LogP contribution is -1.96. The minimum Gasteiger partial charge on any atom is -0.388 e. The van der Waals surface area contributed by atoms with E-state index in [9.17, 15) is 8.78 Å². The van der Waals surface area contributed by atoms with E-state index >= 15 is 0 Å². The summed E-state index contributed by atoms with van der Waals surface area (Å²) in [5, 5.41) is 3.02. The number of benzene rings is 1. The van der Waals surface area contributed by atoms with Crippen LogP contribution >= 0.6 is 11.8 Å². The predicted octanol–water partition coefficient (Wildman–Crippen LogP) is 3.66. The van der Waals surface area contributed by atoms with E-state index in [4.69, 9.17) is 0 Å². The van der Waals surface area contributed by atoms with Crippen LogP contribution in [-0.2, 0) is 0 Å². The number of nitrogens with one attached hydrogen (secondary N) is 1. The summed E-state index contributed by atoms with van der Waals surface area (Å²) in [4.78, 5) is 0.650. The lowest BCUT2D eigenvalue weighted by atomic mass is 10.1. The highest BCUT2D eigenvalue weighted by molar-refractivity contribution is 7.99. The summed E-state index contributed by atoms with van der Waals surface area (Å²) >= 11 is 0.597. The molecule has 0 heterocycles. The molecule has 0 atom stereocenters. The van der Waals surface area contributed by atoms with Crippen LogP contribution in [0.4, 0.5) is 14.5 Å². The van der Waals surface area contributed by atoms with E-state index in [0.717, 1.165) is 16.8 Å². The van der Waals surface area contributed by atoms with Crippen molar-refractivity contribution < 1.29 is 8.78 Å². The summed E-state index contributed by atoms with van der Waals surface area (Å²) < 4.78 is 24.3. The smallest absolute Gasteiger partial charge is 0.288 e. The Labute approximate surface area is 86.9 Å². The van der Waals surface area contributed by atoms with E-state index in [1.807, 2.05) is 27.0 Å². The minimum absolute atomic E-state index is 0.597. The SMILES string of the molecule is CNc1ccc(SC(F)F)c(C)c1C. The van der Waals surface area contributed by atoms with Crippen LogP contribution in [0.15, 0.2) is 17.0 Å². The van der Waals surface area contributed by atoms with E-state index in [1.54, 1.807) is 6.07 Å². The molecule has 0 aliphatic heterocycles. The van der Waals surface area contributed by atoms with Crippen molar-refractivity contribution in [1.29, 1.82) is 0 Å². The fourth-order valence-corrected chi connectivity index (χ4v) is 1.96. The zero-order chi connectivity index (χ0) is 10.7. The zero-order valence-corrected chi connectivity index (χ0v) is 9.21. The van der Waals surface area contributed by atoms with Crippen molar-refractivity contribution in [2.45, 2.75) is 24.5 Å². The van der Waals surface area contributed by atoms with Gasteiger partial charge in [0, 0.05) is 17.6 Å². The summed E-state index contributed by atoms with van der Waals surface area (Å²) in [6.07, 6.45) is 0. The third-order valence-corrected chi connectivity index (χ3v) is 3.10. The molecule has 14 heavy (non-hydrogen) atoms. The highest BCUT2D eigenvalue weighted by Crippen LogP contribution is 2.32. The Morgan fingerprint density at radius 2 is 1.86 bits per heavy atom. The van der Waals surface area contributed by atoms with E-state index < -0.39 is 5.76 Å². The van der Waals surface area contributed by atoms with Gasteiger partial charge in [-0.25, -0.2) is 0 Å². The fourth-order valence-electron chi connectivity index (χ4n) is 1.29. The molecule has 0 saturated heterocycles. The van der Waals surface area contributed by atoms with Crippen molar-refractivity contribution in [3.8, 4) is 0 Å². The summed E-state index contributed by atoms with van der Waals surface area (Å²) in [6, 6.07) is 3.55. The number of anilines is 1. The molecule has 4 heteroatoms. The molecular weight excluding hydrogens is 204 g/mol. The first-order valence-electron chi connectivity index (χ1n) is 4.29. The monoisotopic (exact) mass is 217 g/mol. The van der Waals surface area contributed by atoms with Gasteiger partial charge in [-0.3, -0.25) is 0 Å². The van der Waals surface area contributed by atoms with Gasteiger partial charge in [-0.15, -0.1) is 0 Å². The molecule has 0 spiro atoms. The standard InChI is InChI=1S/C10H13F2NS/c1-6-7(2)9(14-10(11)12)5-4-8(6)13-3/h4-5,10,13H,1-3H3. The summed E-state index contributed by atoms with van der Waals surface area (Å²) in [5.74, 6) is -2.35. The topological polar surface area (TPSA) is 12.0 Å². The van der Waals surface area contributed by atoms with Crippen LogP contribution in [0.1, 0.15) is 11.1 Å². The molecule has 0 aromatic heterocycles. The lowest BCUT2D eigenvalue weighted by molar-refractivity contribution is 0.252. The summed E-state index contributed by atoms with van der Waals surface area (Å²) in [6.45, 7) is 3.79. The Morgan fingerprint density at radius 1 is 1.21 bits per heavy atom. The van der Waals surface area contributed by atoms with Gasteiger partial charge in [0.1, 0.15) is 0 Å². The highest BCUT2D eigenvalue weighted by atomic mass is 32.2. The van der Waals surface area contributed by atoms with Crippen LogP contribution in [0, 0.1) is 13.8 Å². The number of hydrogen-bond acceptors (Lipinski definition) is 2. The fraction of sp³-hybridized carbons (Fsp3) is 0.400. The second kappa shape index (κ2) is 4.64. The third-order valence-electron chi connectivity index (χ3n) is 2.22. The van der Waals surface area contributed by atoms with Crippen molar-refractivity contribution in [2.24, 2.45) is 0 Å². The Kier molecular flexibility index (Phi) is 3.75. The molecule has 1 rings (SSSR count). The first-order valence-corrected chi connectivity index (χ1v) is 5.17. The second-order valence-electron chi connectivity index (χ2n) is 2.99. The van der Waals surface area contributed by atoms with E-state index in [1.165, 1.54) is 0 Å². The summed E-state index contributed by atoms with van der Waals surface area (Å²) in [5.41, 5.74) is 2.93. The Balaban J connectivity index is 3.04. The second-order valence-corrected chi connectivity index (χ2v) is 4.02. The molecule has 1 aromatic rings. The van der Waals surface area contributed by atoms with Gasteiger partial charge in [0.15, 0.2) is 0 Å².